The highest BCUT2D eigenvalue weighted by Gasteiger charge is 2.34. The average molecular weight is 418 g/mol. The van der Waals surface area contributed by atoms with Gasteiger partial charge < -0.3 is 15.4 Å². The summed E-state index contributed by atoms with van der Waals surface area (Å²) in [6.45, 7) is 1.84. The third kappa shape index (κ3) is 3.77. The smallest absolute Gasteiger partial charge is 0.271 e. The number of amides is 1. The summed E-state index contributed by atoms with van der Waals surface area (Å²) in [5.74, 6) is 1.66. The number of para-hydroxylation sites is 2. The van der Waals surface area contributed by atoms with Crippen molar-refractivity contribution in [3.63, 3.8) is 0 Å². The molecule has 3 heterocycles. The number of imidazole rings is 1. The van der Waals surface area contributed by atoms with Crippen molar-refractivity contribution in [3.8, 4) is 5.95 Å². The summed E-state index contributed by atoms with van der Waals surface area (Å²) in [5, 5.41) is 18.0. The van der Waals surface area contributed by atoms with Crippen molar-refractivity contribution in [2.24, 2.45) is 0 Å². The number of benzene rings is 1. The molecule has 0 saturated heterocycles. The lowest BCUT2D eigenvalue weighted by molar-refractivity contribution is 0.0667. The first-order valence-corrected chi connectivity index (χ1v) is 10.2. The number of carbonyl (C=O) groups is 1. The number of aliphatic hydroxyl groups excluding tert-OH is 1. The van der Waals surface area contributed by atoms with Gasteiger partial charge in [-0.1, -0.05) is 12.1 Å². The van der Waals surface area contributed by atoms with Gasteiger partial charge in [-0.25, -0.2) is 15.0 Å². The van der Waals surface area contributed by atoms with Crippen LogP contribution in [0, 0.1) is 6.92 Å². The number of aromatic nitrogens is 7. The molecule has 0 aliphatic heterocycles. The van der Waals surface area contributed by atoms with Gasteiger partial charge in [0.1, 0.15) is 17.3 Å². The van der Waals surface area contributed by atoms with E-state index in [9.17, 15) is 9.90 Å². The van der Waals surface area contributed by atoms with Crippen LogP contribution in [0.1, 0.15) is 47.3 Å². The number of hydrogen-bond acceptors (Lipinski definition) is 7. The number of hydrogen-bond donors (Lipinski definition) is 3. The Morgan fingerprint density at radius 1 is 1.23 bits per heavy atom. The fourth-order valence-electron chi connectivity index (χ4n) is 4.09. The van der Waals surface area contributed by atoms with Gasteiger partial charge in [-0.15, -0.1) is 5.10 Å². The summed E-state index contributed by atoms with van der Waals surface area (Å²) < 4.78 is 1.74. The van der Waals surface area contributed by atoms with Crippen LogP contribution in [0.5, 0.6) is 0 Å². The van der Waals surface area contributed by atoms with E-state index >= 15 is 0 Å². The standard InChI is InChI=1S/C21H22N8O2/c1-12-24-19(29(28-12)21-26-14-4-2-3-5-15(14)27-21)13-6-7-18(30)16(10-13)25-20(31)17-11-22-8-9-23-17/h2-5,8-9,11,13,16,18,30H,6-7,10H2,1H3,(H,25,31)(H,26,27)/t13-,16+,18+/m0/s1. The van der Waals surface area contributed by atoms with Gasteiger partial charge in [-0.05, 0) is 38.3 Å². The highest BCUT2D eigenvalue weighted by Crippen LogP contribution is 2.33. The zero-order chi connectivity index (χ0) is 21.4. The molecule has 3 N–H and O–H groups in total. The third-order valence-electron chi connectivity index (χ3n) is 5.61. The Kier molecular flexibility index (Phi) is 4.91. The Balaban J connectivity index is 1.41. The Bertz CT molecular complexity index is 1190. The summed E-state index contributed by atoms with van der Waals surface area (Å²) in [5.41, 5.74) is 1.99. The van der Waals surface area contributed by atoms with Gasteiger partial charge in [-0.2, -0.15) is 4.68 Å². The molecule has 0 bridgehead atoms. The number of rotatable bonds is 4. The summed E-state index contributed by atoms with van der Waals surface area (Å²) in [6.07, 6.45) is 5.55. The van der Waals surface area contributed by atoms with Crippen LogP contribution in [0.25, 0.3) is 17.0 Å². The van der Waals surface area contributed by atoms with Crippen LogP contribution < -0.4 is 5.32 Å². The largest absolute Gasteiger partial charge is 0.391 e. The molecule has 4 aromatic rings. The normalized spacial score (nSPS) is 21.3. The van der Waals surface area contributed by atoms with E-state index < -0.39 is 12.1 Å². The third-order valence-corrected chi connectivity index (χ3v) is 5.61. The fourth-order valence-corrected chi connectivity index (χ4v) is 4.09. The lowest BCUT2D eigenvalue weighted by Gasteiger charge is -2.33. The molecule has 1 aliphatic carbocycles. The molecule has 0 spiro atoms. The number of H-pyrrole nitrogens is 1. The number of nitrogens with one attached hydrogen (secondary N) is 2. The molecule has 3 aromatic heterocycles. The second kappa shape index (κ2) is 7.88. The van der Waals surface area contributed by atoms with Crippen LogP contribution in [0.15, 0.2) is 42.9 Å². The van der Waals surface area contributed by atoms with Crippen molar-refractivity contribution in [3.05, 3.63) is 60.2 Å². The van der Waals surface area contributed by atoms with E-state index in [1.54, 1.807) is 4.68 Å². The minimum atomic E-state index is -0.638. The maximum atomic E-state index is 12.5. The molecule has 31 heavy (non-hydrogen) atoms. The Labute approximate surface area is 177 Å². The van der Waals surface area contributed by atoms with Crippen molar-refractivity contribution in [2.45, 2.75) is 44.2 Å². The van der Waals surface area contributed by atoms with Gasteiger partial charge in [0.05, 0.1) is 29.4 Å². The number of aliphatic hydroxyl groups is 1. The molecular formula is C21H22N8O2. The van der Waals surface area contributed by atoms with Crippen LogP contribution in [0.4, 0.5) is 0 Å². The number of fused-ring (bicyclic) bond motifs is 1. The van der Waals surface area contributed by atoms with Crippen molar-refractivity contribution in [2.75, 3.05) is 0 Å². The molecule has 1 saturated carbocycles. The monoisotopic (exact) mass is 418 g/mol. The second-order valence-electron chi connectivity index (χ2n) is 7.75. The van der Waals surface area contributed by atoms with E-state index in [2.05, 4.69) is 35.3 Å². The highest BCUT2D eigenvalue weighted by molar-refractivity contribution is 5.92. The van der Waals surface area contributed by atoms with Crippen LogP contribution >= 0.6 is 0 Å². The molecule has 0 radical (unpaired) electrons. The molecule has 1 amide bonds. The van der Waals surface area contributed by atoms with Gasteiger partial charge >= 0.3 is 0 Å². The maximum Gasteiger partial charge on any atom is 0.271 e. The summed E-state index contributed by atoms with van der Waals surface area (Å²) in [6, 6.07) is 7.37. The van der Waals surface area contributed by atoms with Crippen LogP contribution in [0.3, 0.4) is 0 Å². The molecule has 1 aliphatic rings. The maximum absolute atomic E-state index is 12.5. The van der Waals surface area contributed by atoms with Crippen LogP contribution in [-0.2, 0) is 0 Å². The van der Waals surface area contributed by atoms with Crippen LogP contribution in [0.2, 0.25) is 0 Å². The molecule has 3 atom stereocenters. The Morgan fingerprint density at radius 3 is 2.90 bits per heavy atom. The van der Waals surface area contributed by atoms with E-state index in [1.165, 1.54) is 18.6 Å². The molecule has 1 fully saturated rings. The summed E-state index contributed by atoms with van der Waals surface area (Å²) >= 11 is 0. The predicted molar refractivity (Wildman–Crippen MR) is 112 cm³/mol. The van der Waals surface area contributed by atoms with Crippen LogP contribution in [-0.4, -0.2) is 57.9 Å². The number of aryl methyl sites for hydroxylation is 1. The van der Waals surface area contributed by atoms with Gasteiger partial charge in [0.2, 0.25) is 5.95 Å². The van der Waals surface area contributed by atoms with E-state index in [0.717, 1.165) is 23.3 Å². The topological polar surface area (TPSA) is 134 Å². The average Bonchev–Trinajstić information content (AvgIpc) is 3.39. The molecule has 10 nitrogen and oxygen atoms in total. The van der Waals surface area contributed by atoms with Gasteiger partial charge in [-0.3, -0.25) is 9.78 Å². The zero-order valence-corrected chi connectivity index (χ0v) is 16.9. The van der Waals surface area contributed by atoms with Crippen molar-refractivity contribution < 1.29 is 9.90 Å². The van der Waals surface area contributed by atoms with E-state index in [1.807, 2.05) is 31.2 Å². The molecule has 1 aromatic carbocycles. The van der Waals surface area contributed by atoms with Gasteiger partial charge in [0.15, 0.2) is 0 Å². The highest BCUT2D eigenvalue weighted by atomic mass is 16.3. The molecule has 158 valence electrons. The molecule has 5 rings (SSSR count). The molecular weight excluding hydrogens is 396 g/mol. The second-order valence-corrected chi connectivity index (χ2v) is 7.75. The lowest BCUT2D eigenvalue weighted by atomic mass is 9.83. The van der Waals surface area contributed by atoms with E-state index in [4.69, 9.17) is 0 Å². The van der Waals surface area contributed by atoms with Gasteiger partial charge in [0, 0.05) is 18.3 Å². The first-order chi connectivity index (χ1) is 15.1. The summed E-state index contributed by atoms with van der Waals surface area (Å²) in [4.78, 5) is 33.1. The lowest BCUT2D eigenvalue weighted by Crippen LogP contribution is -2.47. The quantitative estimate of drug-likeness (QED) is 0.459. The molecule has 0 unspecified atom stereocenters. The van der Waals surface area contributed by atoms with Crippen molar-refractivity contribution in [1.29, 1.82) is 0 Å². The zero-order valence-electron chi connectivity index (χ0n) is 16.9. The minimum Gasteiger partial charge on any atom is -0.391 e. The minimum absolute atomic E-state index is 0.00460. The number of aromatic amines is 1. The SMILES string of the molecule is Cc1nc([C@H]2CC[C@@H](O)[C@H](NC(=O)c3cnccn3)C2)n(-c2nc3ccccc3[nH]2)n1. The van der Waals surface area contributed by atoms with Gasteiger partial charge in [0.25, 0.3) is 5.91 Å². The van der Waals surface area contributed by atoms with Crippen molar-refractivity contribution in [1.82, 2.24) is 40.0 Å². The summed E-state index contributed by atoms with van der Waals surface area (Å²) in [7, 11) is 0. The first kappa shape index (κ1) is 19.3. The molecule has 10 heteroatoms. The first-order valence-electron chi connectivity index (χ1n) is 10.2. The predicted octanol–water partition coefficient (Wildman–Crippen LogP) is 1.67. The Morgan fingerprint density at radius 2 is 2.10 bits per heavy atom. The fraction of sp³-hybridized carbons (Fsp3) is 0.333. The van der Waals surface area contributed by atoms with E-state index in [-0.39, 0.29) is 17.5 Å². The van der Waals surface area contributed by atoms with Crippen molar-refractivity contribution >= 4 is 16.9 Å². The number of carbonyl (C=O) groups excluding carboxylic acids is 1. The number of nitrogens with zero attached hydrogens (tertiary/aromatic N) is 6. The Hall–Kier alpha value is -3.66. The van der Waals surface area contributed by atoms with E-state index in [0.29, 0.717) is 24.6 Å².